The molecule has 8 heteroatoms. The highest BCUT2D eigenvalue weighted by molar-refractivity contribution is 6.04. The van der Waals surface area contributed by atoms with Gasteiger partial charge in [-0.1, -0.05) is 43.5 Å². The van der Waals surface area contributed by atoms with Crippen LogP contribution in [0.25, 0.3) is 0 Å². The molecule has 1 fully saturated rings. The molecule has 0 spiro atoms. The second-order valence-electron chi connectivity index (χ2n) is 8.69. The molecule has 0 atom stereocenters. The van der Waals surface area contributed by atoms with Crippen LogP contribution >= 0.6 is 0 Å². The number of aromatic nitrogens is 2. The summed E-state index contributed by atoms with van der Waals surface area (Å²) in [5.74, 6) is 0.698. The van der Waals surface area contributed by atoms with Gasteiger partial charge in [-0.2, -0.15) is 0 Å². The Bertz CT molecular complexity index is 1060. The van der Waals surface area contributed by atoms with E-state index in [1.807, 2.05) is 48.5 Å². The minimum Gasteiger partial charge on any atom is -0.465 e. The largest absolute Gasteiger partial charge is 0.465 e. The van der Waals surface area contributed by atoms with Gasteiger partial charge in [0.05, 0.1) is 6.54 Å². The molecule has 34 heavy (non-hydrogen) atoms. The predicted octanol–water partition coefficient (Wildman–Crippen LogP) is 4.76. The van der Waals surface area contributed by atoms with E-state index < -0.39 is 6.09 Å². The molecule has 178 valence electrons. The van der Waals surface area contributed by atoms with Crippen molar-refractivity contribution in [2.45, 2.75) is 57.8 Å². The van der Waals surface area contributed by atoms with Gasteiger partial charge in [0.25, 0.3) is 5.91 Å². The van der Waals surface area contributed by atoms with Gasteiger partial charge in [-0.05, 0) is 48.2 Å². The first kappa shape index (κ1) is 23.5. The molecule has 0 saturated heterocycles. The second-order valence-corrected chi connectivity index (χ2v) is 8.69. The first-order valence-corrected chi connectivity index (χ1v) is 11.8. The Balaban J connectivity index is 1.28. The first-order valence-electron chi connectivity index (χ1n) is 11.8. The molecule has 0 radical (unpaired) electrons. The molecule has 4 rings (SSSR count). The molecular formula is C26H31N5O3. The Morgan fingerprint density at radius 3 is 2.32 bits per heavy atom. The van der Waals surface area contributed by atoms with Crippen LogP contribution in [0.1, 0.15) is 59.4 Å². The van der Waals surface area contributed by atoms with Crippen molar-refractivity contribution >= 4 is 17.7 Å². The number of hydrogen-bond acceptors (Lipinski definition) is 4. The number of nitrogens with zero attached hydrogens (tertiary/aromatic N) is 2. The number of anilines is 1. The number of imidazole rings is 1. The van der Waals surface area contributed by atoms with Crippen LogP contribution in [0.4, 0.5) is 10.5 Å². The van der Waals surface area contributed by atoms with Gasteiger partial charge < -0.3 is 25.6 Å². The average Bonchev–Trinajstić information content (AvgIpc) is 3.38. The third kappa shape index (κ3) is 6.45. The van der Waals surface area contributed by atoms with Crippen molar-refractivity contribution in [2.75, 3.05) is 5.32 Å². The number of nitrogens with one attached hydrogen (secondary N) is 3. The van der Waals surface area contributed by atoms with Gasteiger partial charge >= 0.3 is 6.09 Å². The van der Waals surface area contributed by atoms with Crippen molar-refractivity contribution in [3.05, 3.63) is 83.4 Å². The third-order valence-corrected chi connectivity index (χ3v) is 6.22. The van der Waals surface area contributed by atoms with Crippen LogP contribution in [-0.4, -0.2) is 38.0 Å². The molecule has 2 amide bonds. The fourth-order valence-electron chi connectivity index (χ4n) is 4.33. The average molecular weight is 462 g/mol. The lowest BCUT2D eigenvalue weighted by Gasteiger charge is -2.32. The van der Waals surface area contributed by atoms with Gasteiger partial charge in [-0.3, -0.25) is 4.79 Å². The fraction of sp³-hybridized carbons (Fsp3) is 0.346. The minimum atomic E-state index is -0.871. The van der Waals surface area contributed by atoms with Crippen molar-refractivity contribution in [1.82, 2.24) is 20.2 Å². The van der Waals surface area contributed by atoms with E-state index >= 15 is 0 Å². The number of carbonyl (C=O) groups excluding carboxylic acids is 1. The SMILES string of the molecule is O=C(Nc1ccc(CN(C(=O)O)C2CCCCC2)cc1)c1ccc(CNCc2ncc[nH]2)cc1. The quantitative estimate of drug-likeness (QED) is 0.367. The number of benzene rings is 2. The zero-order valence-corrected chi connectivity index (χ0v) is 19.2. The van der Waals surface area contributed by atoms with E-state index in [4.69, 9.17) is 0 Å². The molecule has 0 unspecified atom stereocenters. The van der Waals surface area contributed by atoms with E-state index in [2.05, 4.69) is 20.6 Å². The monoisotopic (exact) mass is 461 g/mol. The summed E-state index contributed by atoms with van der Waals surface area (Å²) in [5.41, 5.74) is 3.25. The number of rotatable bonds is 9. The molecule has 2 aromatic carbocycles. The fourth-order valence-corrected chi connectivity index (χ4v) is 4.33. The zero-order valence-electron chi connectivity index (χ0n) is 19.2. The summed E-state index contributed by atoms with van der Waals surface area (Å²) in [6, 6.07) is 15.0. The first-order chi connectivity index (χ1) is 16.6. The van der Waals surface area contributed by atoms with E-state index in [1.165, 1.54) is 6.42 Å². The van der Waals surface area contributed by atoms with Gasteiger partial charge in [0, 0.05) is 42.8 Å². The summed E-state index contributed by atoms with van der Waals surface area (Å²) in [6.45, 7) is 1.69. The number of amides is 2. The molecule has 1 heterocycles. The number of hydrogen-bond donors (Lipinski definition) is 4. The molecule has 1 saturated carbocycles. The molecule has 1 aliphatic rings. The Morgan fingerprint density at radius 2 is 1.68 bits per heavy atom. The summed E-state index contributed by atoms with van der Waals surface area (Å²) in [5, 5.41) is 15.9. The molecule has 4 N–H and O–H groups in total. The van der Waals surface area contributed by atoms with Gasteiger partial charge in [0.2, 0.25) is 0 Å². The lowest BCUT2D eigenvalue weighted by Crippen LogP contribution is -2.40. The highest BCUT2D eigenvalue weighted by atomic mass is 16.4. The van der Waals surface area contributed by atoms with E-state index in [9.17, 15) is 14.7 Å². The van der Waals surface area contributed by atoms with Crippen LogP contribution in [-0.2, 0) is 19.6 Å². The minimum absolute atomic E-state index is 0.0916. The Kier molecular flexibility index (Phi) is 7.93. The summed E-state index contributed by atoms with van der Waals surface area (Å²) in [6.07, 6.45) is 7.86. The smallest absolute Gasteiger partial charge is 0.407 e. The van der Waals surface area contributed by atoms with E-state index in [0.717, 1.165) is 42.6 Å². The Morgan fingerprint density at radius 1 is 0.971 bits per heavy atom. The third-order valence-electron chi connectivity index (χ3n) is 6.22. The van der Waals surface area contributed by atoms with Crippen molar-refractivity contribution < 1.29 is 14.7 Å². The maximum atomic E-state index is 12.6. The number of carboxylic acid groups (broad SMARTS) is 1. The van der Waals surface area contributed by atoms with E-state index in [1.54, 1.807) is 17.3 Å². The summed E-state index contributed by atoms with van der Waals surface area (Å²) >= 11 is 0. The van der Waals surface area contributed by atoms with Crippen molar-refractivity contribution in [1.29, 1.82) is 0 Å². The van der Waals surface area contributed by atoms with Gasteiger partial charge in [0.1, 0.15) is 5.82 Å². The van der Waals surface area contributed by atoms with Crippen LogP contribution in [0.15, 0.2) is 60.9 Å². The second kappa shape index (κ2) is 11.5. The van der Waals surface area contributed by atoms with Gasteiger partial charge in [0.15, 0.2) is 0 Å². The van der Waals surface area contributed by atoms with Gasteiger partial charge in [-0.15, -0.1) is 0 Å². The highest BCUT2D eigenvalue weighted by Crippen LogP contribution is 2.24. The van der Waals surface area contributed by atoms with Crippen LogP contribution in [0, 0.1) is 0 Å². The normalized spacial score (nSPS) is 14.0. The molecular weight excluding hydrogens is 430 g/mol. The summed E-state index contributed by atoms with van der Waals surface area (Å²) in [7, 11) is 0. The lowest BCUT2D eigenvalue weighted by atomic mass is 9.94. The standard InChI is InChI=1S/C26H31N5O3/c32-25(21-10-6-19(7-11-21)16-27-17-24-28-14-15-29-24)30-22-12-8-20(9-13-22)18-31(26(33)34)23-4-2-1-3-5-23/h6-15,23,27H,1-5,16-18H2,(H,28,29)(H,30,32)(H,33,34). The maximum absolute atomic E-state index is 12.6. The predicted molar refractivity (Wildman–Crippen MR) is 130 cm³/mol. The van der Waals surface area contributed by atoms with E-state index in [-0.39, 0.29) is 11.9 Å². The molecule has 0 bridgehead atoms. The molecule has 1 aliphatic carbocycles. The number of H-pyrrole nitrogens is 1. The number of aromatic amines is 1. The van der Waals surface area contributed by atoms with Crippen molar-refractivity contribution in [3.63, 3.8) is 0 Å². The van der Waals surface area contributed by atoms with Crippen LogP contribution in [0.2, 0.25) is 0 Å². The number of carbonyl (C=O) groups is 2. The van der Waals surface area contributed by atoms with Crippen molar-refractivity contribution in [3.8, 4) is 0 Å². The van der Waals surface area contributed by atoms with Crippen LogP contribution in [0.5, 0.6) is 0 Å². The Hall–Kier alpha value is -3.65. The highest BCUT2D eigenvalue weighted by Gasteiger charge is 2.25. The Labute approximate surface area is 199 Å². The van der Waals surface area contributed by atoms with E-state index in [0.29, 0.717) is 30.9 Å². The zero-order chi connectivity index (χ0) is 23.8. The molecule has 0 aliphatic heterocycles. The van der Waals surface area contributed by atoms with Gasteiger partial charge in [-0.25, -0.2) is 9.78 Å². The molecule has 3 aromatic rings. The lowest BCUT2D eigenvalue weighted by molar-refractivity contribution is 0.102. The summed E-state index contributed by atoms with van der Waals surface area (Å²) in [4.78, 5) is 33.2. The molecule has 1 aromatic heterocycles. The van der Waals surface area contributed by atoms with Crippen molar-refractivity contribution in [2.24, 2.45) is 0 Å². The van der Waals surface area contributed by atoms with Crippen LogP contribution in [0.3, 0.4) is 0 Å². The van der Waals surface area contributed by atoms with Crippen LogP contribution < -0.4 is 10.6 Å². The maximum Gasteiger partial charge on any atom is 0.407 e. The topological polar surface area (TPSA) is 110 Å². The molecule has 8 nitrogen and oxygen atoms in total. The summed E-state index contributed by atoms with van der Waals surface area (Å²) < 4.78 is 0.